The Hall–Kier alpha value is -3.51. The number of aryl methyl sites for hydroxylation is 1. The van der Waals surface area contributed by atoms with Crippen LogP contribution >= 0.6 is 11.6 Å². The van der Waals surface area contributed by atoms with Gasteiger partial charge in [0.2, 0.25) is 5.95 Å². The van der Waals surface area contributed by atoms with Crippen LogP contribution in [0, 0.1) is 6.92 Å². The van der Waals surface area contributed by atoms with Gasteiger partial charge in [0.1, 0.15) is 0 Å². The highest BCUT2D eigenvalue weighted by molar-refractivity contribution is 6.30. The van der Waals surface area contributed by atoms with Gasteiger partial charge in [-0.2, -0.15) is 9.67 Å². The number of rotatable bonds is 5. The Kier molecular flexibility index (Phi) is 5.35. The molecule has 0 bridgehead atoms. The lowest BCUT2D eigenvalue weighted by Gasteiger charge is -2.08. The first-order valence-corrected chi connectivity index (χ1v) is 9.45. The fourth-order valence-electron chi connectivity index (χ4n) is 2.87. The second-order valence-electron chi connectivity index (χ2n) is 6.57. The Morgan fingerprint density at radius 2 is 1.93 bits per heavy atom. The summed E-state index contributed by atoms with van der Waals surface area (Å²) in [6.45, 7) is 2.42. The van der Waals surface area contributed by atoms with Crippen LogP contribution in [0.4, 0.5) is 5.95 Å². The molecule has 0 atom stereocenters. The Morgan fingerprint density at radius 3 is 2.66 bits per heavy atom. The molecule has 0 saturated carbocycles. The summed E-state index contributed by atoms with van der Waals surface area (Å²) >= 11 is 5.95. The monoisotopic (exact) mass is 403 g/mol. The third kappa shape index (κ3) is 4.33. The fraction of sp³-hybridized carbons (Fsp3) is 0.0909. The first kappa shape index (κ1) is 18.8. The second kappa shape index (κ2) is 8.24. The van der Waals surface area contributed by atoms with Gasteiger partial charge in [0.15, 0.2) is 5.82 Å². The summed E-state index contributed by atoms with van der Waals surface area (Å²) in [5.74, 6) is 0.540. The largest absolute Gasteiger partial charge is 0.350 e. The molecule has 0 amide bonds. The molecule has 0 unspecified atom stereocenters. The fourth-order valence-corrected chi connectivity index (χ4v) is 3.00. The summed E-state index contributed by atoms with van der Waals surface area (Å²) in [6, 6.07) is 18.5. The number of nitrogens with one attached hydrogen (secondary N) is 1. The minimum Gasteiger partial charge on any atom is -0.350 e. The summed E-state index contributed by atoms with van der Waals surface area (Å²) in [6.07, 6.45) is 3.35. The van der Waals surface area contributed by atoms with Crippen molar-refractivity contribution in [3.63, 3.8) is 0 Å². The van der Waals surface area contributed by atoms with E-state index in [1.54, 1.807) is 24.5 Å². The first-order chi connectivity index (χ1) is 14.1. The zero-order valence-electron chi connectivity index (χ0n) is 15.7. The van der Waals surface area contributed by atoms with Crippen LogP contribution < -0.4 is 5.32 Å². The molecule has 0 fully saturated rings. The molecule has 0 saturated heterocycles. The molecule has 0 spiro atoms. The van der Waals surface area contributed by atoms with E-state index in [0.29, 0.717) is 28.9 Å². The van der Waals surface area contributed by atoms with Crippen molar-refractivity contribution in [2.45, 2.75) is 13.5 Å². The van der Waals surface area contributed by atoms with Gasteiger partial charge >= 0.3 is 0 Å². The van der Waals surface area contributed by atoms with Crippen molar-refractivity contribution in [1.29, 1.82) is 0 Å². The predicted molar refractivity (Wildman–Crippen MR) is 113 cm³/mol. The van der Waals surface area contributed by atoms with Crippen molar-refractivity contribution in [3.8, 4) is 11.4 Å². The lowest BCUT2D eigenvalue weighted by atomic mass is 10.1. The van der Waals surface area contributed by atoms with Gasteiger partial charge in [0.25, 0.3) is 5.91 Å². The van der Waals surface area contributed by atoms with E-state index in [2.05, 4.69) is 20.4 Å². The number of benzene rings is 2. The molecular weight excluding hydrogens is 386 g/mol. The number of pyridine rings is 1. The molecule has 0 aliphatic rings. The van der Waals surface area contributed by atoms with Crippen LogP contribution in [0.3, 0.4) is 0 Å². The van der Waals surface area contributed by atoms with Crippen LogP contribution in [0.5, 0.6) is 0 Å². The second-order valence-corrected chi connectivity index (χ2v) is 7.00. The quantitative estimate of drug-likeness (QED) is 0.527. The van der Waals surface area contributed by atoms with E-state index in [0.717, 1.165) is 16.7 Å². The molecule has 0 aliphatic carbocycles. The molecule has 6 nitrogen and oxygen atoms in total. The molecule has 29 heavy (non-hydrogen) atoms. The SMILES string of the molecule is Cc1cccc(C(=O)n2nc(-c3cccnc3)nc2NCc2ccc(Cl)cc2)c1. The summed E-state index contributed by atoms with van der Waals surface area (Å²) in [5.41, 5.74) is 3.29. The Bertz CT molecular complexity index is 1140. The Balaban J connectivity index is 1.68. The maximum absolute atomic E-state index is 13.1. The molecule has 1 N–H and O–H groups in total. The summed E-state index contributed by atoms with van der Waals surface area (Å²) in [5, 5.41) is 8.33. The number of aromatic nitrogens is 4. The van der Waals surface area contributed by atoms with Gasteiger partial charge in [-0.25, -0.2) is 0 Å². The number of carbonyl (C=O) groups excluding carboxylic acids is 1. The van der Waals surface area contributed by atoms with E-state index < -0.39 is 0 Å². The third-order valence-electron chi connectivity index (χ3n) is 4.35. The molecule has 4 rings (SSSR count). The van der Waals surface area contributed by atoms with Crippen molar-refractivity contribution in [1.82, 2.24) is 19.7 Å². The minimum atomic E-state index is -0.255. The van der Waals surface area contributed by atoms with E-state index in [1.807, 2.05) is 55.5 Å². The molecule has 2 heterocycles. The highest BCUT2D eigenvalue weighted by Crippen LogP contribution is 2.19. The summed E-state index contributed by atoms with van der Waals surface area (Å²) < 4.78 is 1.30. The predicted octanol–water partition coefficient (Wildman–Crippen LogP) is 4.60. The zero-order valence-corrected chi connectivity index (χ0v) is 16.5. The van der Waals surface area contributed by atoms with E-state index in [-0.39, 0.29) is 5.91 Å². The third-order valence-corrected chi connectivity index (χ3v) is 4.60. The lowest BCUT2D eigenvalue weighted by molar-refractivity contribution is 0.0947. The van der Waals surface area contributed by atoms with Crippen molar-refractivity contribution < 1.29 is 4.79 Å². The van der Waals surface area contributed by atoms with E-state index in [4.69, 9.17) is 11.6 Å². The van der Waals surface area contributed by atoms with Gasteiger partial charge in [-0.3, -0.25) is 9.78 Å². The van der Waals surface area contributed by atoms with Crippen LogP contribution in [0.2, 0.25) is 5.02 Å². The van der Waals surface area contributed by atoms with Gasteiger partial charge < -0.3 is 5.32 Å². The van der Waals surface area contributed by atoms with Crippen LogP contribution in [0.15, 0.2) is 73.1 Å². The lowest BCUT2D eigenvalue weighted by Crippen LogP contribution is -2.17. The van der Waals surface area contributed by atoms with Crippen molar-refractivity contribution in [3.05, 3.63) is 94.8 Å². The molecule has 0 aliphatic heterocycles. The van der Waals surface area contributed by atoms with Crippen molar-refractivity contribution >= 4 is 23.5 Å². The molecule has 2 aromatic heterocycles. The number of carbonyl (C=O) groups is 1. The van der Waals surface area contributed by atoms with Gasteiger partial charge in [-0.05, 0) is 48.9 Å². The molecule has 0 radical (unpaired) electrons. The van der Waals surface area contributed by atoms with Gasteiger partial charge in [-0.1, -0.05) is 41.4 Å². The van der Waals surface area contributed by atoms with Crippen LogP contribution in [-0.4, -0.2) is 25.7 Å². The van der Waals surface area contributed by atoms with Crippen LogP contribution in [-0.2, 0) is 6.54 Å². The average molecular weight is 404 g/mol. The smallest absolute Gasteiger partial charge is 0.281 e. The van der Waals surface area contributed by atoms with Crippen LogP contribution in [0.1, 0.15) is 21.5 Å². The van der Waals surface area contributed by atoms with Gasteiger partial charge in [-0.15, -0.1) is 5.10 Å². The zero-order chi connectivity index (χ0) is 20.2. The number of hydrogen-bond acceptors (Lipinski definition) is 5. The number of hydrogen-bond donors (Lipinski definition) is 1. The number of anilines is 1. The molecule has 144 valence electrons. The van der Waals surface area contributed by atoms with E-state index >= 15 is 0 Å². The first-order valence-electron chi connectivity index (χ1n) is 9.07. The van der Waals surface area contributed by atoms with Crippen LogP contribution in [0.25, 0.3) is 11.4 Å². The number of halogens is 1. The topological polar surface area (TPSA) is 72.7 Å². The van der Waals surface area contributed by atoms with E-state index in [9.17, 15) is 4.79 Å². The average Bonchev–Trinajstić information content (AvgIpc) is 3.18. The molecule has 7 heteroatoms. The van der Waals surface area contributed by atoms with Gasteiger partial charge in [0.05, 0.1) is 0 Å². The number of nitrogens with zero attached hydrogens (tertiary/aromatic N) is 4. The minimum absolute atomic E-state index is 0.255. The summed E-state index contributed by atoms with van der Waals surface area (Å²) in [7, 11) is 0. The maximum Gasteiger partial charge on any atom is 0.281 e. The highest BCUT2D eigenvalue weighted by Gasteiger charge is 2.19. The Morgan fingerprint density at radius 1 is 1.10 bits per heavy atom. The summed E-state index contributed by atoms with van der Waals surface area (Å²) in [4.78, 5) is 21.8. The molecule has 4 aromatic rings. The standard InChI is InChI=1S/C22H18ClN5O/c1-15-4-2-5-17(12-15)21(29)28-22(25-13-16-7-9-19(23)10-8-16)26-20(27-28)18-6-3-11-24-14-18/h2-12,14H,13H2,1H3,(H,25,26,27). The Labute approximate surface area is 173 Å². The maximum atomic E-state index is 13.1. The highest BCUT2D eigenvalue weighted by atomic mass is 35.5. The molecular formula is C22H18ClN5O. The van der Waals surface area contributed by atoms with Gasteiger partial charge in [0, 0.05) is 35.1 Å². The molecule has 2 aromatic carbocycles. The van der Waals surface area contributed by atoms with Crippen molar-refractivity contribution in [2.24, 2.45) is 0 Å². The van der Waals surface area contributed by atoms with Crippen molar-refractivity contribution in [2.75, 3.05) is 5.32 Å². The normalized spacial score (nSPS) is 10.7. The van der Waals surface area contributed by atoms with E-state index in [1.165, 1.54) is 4.68 Å².